The van der Waals surface area contributed by atoms with Crippen molar-refractivity contribution in [3.05, 3.63) is 55.2 Å². The van der Waals surface area contributed by atoms with E-state index in [0.717, 1.165) is 15.8 Å². The van der Waals surface area contributed by atoms with E-state index in [-0.39, 0.29) is 18.1 Å². The first kappa shape index (κ1) is 18.4. The van der Waals surface area contributed by atoms with Crippen LogP contribution in [-0.4, -0.2) is 28.8 Å². The Morgan fingerprint density at radius 3 is 2.67 bits per heavy atom. The molecule has 8 heteroatoms. The number of hydrogen-bond donors (Lipinski definition) is 1. The number of nitro groups is 1. The van der Waals surface area contributed by atoms with Crippen LogP contribution in [0, 0.1) is 17.0 Å². The van der Waals surface area contributed by atoms with Gasteiger partial charge in [-0.15, -0.1) is 11.3 Å². The molecule has 0 saturated carbocycles. The molecule has 0 saturated heterocycles. The van der Waals surface area contributed by atoms with E-state index >= 15 is 0 Å². The van der Waals surface area contributed by atoms with E-state index in [4.69, 9.17) is 11.6 Å². The lowest BCUT2D eigenvalue weighted by molar-refractivity contribution is -0.384. The van der Waals surface area contributed by atoms with Crippen molar-refractivity contribution in [2.45, 2.75) is 20.4 Å². The molecule has 0 spiro atoms. The van der Waals surface area contributed by atoms with Crippen molar-refractivity contribution in [2.24, 2.45) is 0 Å². The van der Waals surface area contributed by atoms with Crippen molar-refractivity contribution >= 4 is 40.2 Å². The number of anilines is 1. The van der Waals surface area contributed by atoms with Gasteiger partial charge < -0.3 is 5.32 Å². The maximum atomic E-state index is 12.2. The Balaban J connectivity index is 1.97. The summed E-state index contributed by atoms with van der Waals surface area (Å²) in [6, 6.07) is 8.18. The lowest BCUT2D eigenvalue weighted by Crippen LogP contribution is -2.32. The zero-order valence-corrected chi connectivity index (χ0v) is 15.0. The average Bonchev–Trinajstić information content (AvgIpc) is 2.93. The number of nitrogens with zero attached hydrogens (tertiary/aromatic N) is 2. The molecule has 128 valence electrons. The SMILES string of the molecule is CCN(CC(=O)Nc1ccc([N+](=O)[O-])cc1C)Cc1ccc(Cl)s1. The average molecular weight is 368 g/mol. The minimum atomic E-state index is -0.455. The Labute approximate surface area is 149 Å². The van der Waals surface area contributed by atoms with Gasteiger partial charge in [-0.05, 0) is 37.2 Å². The molecule has 1 aromatic heterocycles. The minimum absolute atomic E-state index is 0.00950. The van der Waals surface area contributed by atoms with Crippen LogP contribution >= 0.6 is 22.9 Å². The molecule has 1 heterocycles. The number of non-ortho nitro benzene ring substituents is 1. The fraction of sp³-hybridized carbons (Fsp3) is 0.312. The van der Waals surface area contributed by atoms with Gasteiger partial charge in [-0.3, -0.25) is 19.8 Å². The van der Waals surface area contributed by atoms with Crippen LogP contribution in [0.5, 0.6) is 0 Å². The Kier molecular flexibility index (Phi) is 6.30. The lowest BCUT2D eigenvalue weighted by atomic mass is 10.2. The summed E-state index contributed by atoms with van der Waals surface area (Å²) in [5.74, 6) is -0.156. The molecule has 0 aliphatic heterocycles. The van der Waals surface area contributed by atoms with Crippen LogP contribution in [0.25, 0.3) is 0 Å². The van der Waals surface area contributed by atoms with Crippen LogP contribution in [0.15, 0.2) is 30.3 Å². The quantitative estimate of drug-likeness (QED) is 0.591. The summed E-state index contributed by atoms with van der Waals surface area (Å²) in [6.07, 6.45) is 0. The number of nitro benzene ring substituents is 1. The molecule has 0 aliphatic rings. The first-order valence-electron chi connectivity index (χ1n) is 7.40. The number of nitrogens with one attached hydrogen (secondary N) is 1. The van der Waals surface area contributed by atoms with Crippen LogP contribution < -0.4 is 5.32 Å². The van der Waals surface area contributed by atoms with Crippen molar-refractivity contribution in [1.29, 1.82) is 0 Å². The van der Waals surface area contributed by atoms with Crippen molar-refractivity contribution in [3.63, 3.8) is 0 Å². The second-order valence-electron chi connectivity index (χ2n) is 5.31. The van der Waals surface area contributed by atoms with Gasteiger partial charge in [0.25, 0.3) is 5.69 Å². The highest BCUT2D eigenvalue weighted by molar-refractivity contribution is 7.16. The molecule has 0 bridgehead atoms. The predicted molar refractivity (Wildman–Crippen MR) is 96.7 cm³/mol. The van der Waals surface area contributed by atoms with Gasteiger partial charge >= 0.3 is 0 Å². The molecular formula is C16H18ClN3O3S. The van der Waals surface area contributed by atoms with E-state index in [9.17, 15) is 14.9 Å². The first-order valence-corrected chi connectivity index (χ1v) is 8.60. The molecule has 1 N–H and O–H groups in total. The maximum absolute atomic E-state index is 12.2. The van der Waals surface area contributed by atoms with E-state index in [1.165, 1.54) is 23.5 Å². The number of benzene rings is 1. The highest BCUT2D eigenvalue weighted by Gasteiger charge is 2.13. The molecule has 0 aliphatic carbocycles. The van der Waals surface area contributed by atoms with Crippen molar-refractivity contribution in [1.82, 2.24) is 4.90 Å². The molecule has 2 rings (SSSR count). The van der Waals surface area contributed by atoms with Gasteiger partial charge in [0.15, 0.2) is 0 Å². The van der Waals surface area contributed by atoms with E-state index in [0.29, 0.717) is 17.8 Å². The smallest absolute Gasteiger partial charge is 0.269 e. The number of hydrogen-bond acceptors (Lipinski definition) is 5. The molecule has 0 radical (unpaired) electrons. The molecular weight excluding hydrogens is 350 g/mol. The number of halogens is 1. The summed E-state index contributed by atoms with van der Waals surface area (Å²) in [7, 11) is 0. The van der Waals surface area contributed by atoms with E-state index in [1.54, 1.807) is 13.0 Å². The third-order valence-electron chi connectivity index (χ3n) is 3.52. The Morgan fingerprint density at radius 1 is 1.38 bits per heavy atom. The van der Waals surface area contributed by atoms with Gasteiger partial charge in [0.2, 0.25) is 5.91 Å². The molecule has 0 atom stereocenters. The molecule has 24 heavy (non-hydrogen) atoms. The van der Waals surface area contributed by atoms with E-state index < -0.39 is 4.92 Å². The zero-order chi connectivity index (χ0) is 17.7. The second kappa shape index (κ2) is 8.23. The van der Waals surface area contributed by atoms with Crippen molar-refractivity contribution in [3.8, 4) is 0 Å². The van der Waals surface area contributed by atoms with E-state index in [2.05, 4.69) is 5.32 Å². The predicted octanol–water partition coefficient (Wildman–Crippen LogP) is 4.08. The summed E-state index contributed by atoms with van der Waals surface area (Å²) in [5, 5.41) is 13.6. The highest BCUT2D eigenvalue weighted by atomic mass is 35.5. The zero-order valence-electron chi connectivity index (χ0n) is 13.4. The number of carbonyl (C=O) groups is 1. The molecule has 0 unspecified atom stereocenters. The van der Waals surface area contributed by atoms with Crippen LogP contribution in [0.2, 0.25) is 4.34 Å². The van der Waals surface area contributed by atoms with Crippen LogP contribution in [0.3, 0.4) is 0 Å². The Bertz CT molecular complexity index is 748. The normalized spacial score (nSPS) is 10.8. The summed E-state index contributed by atoms with van der Waals surface area (Å²) in [4.78, 5) is 25.6. The standard InChI is InChI=1S/C16H18ClN3O3S/c1-3-19(9-13-5-7-15(17)24-13)10-16(21)18-14-6-4-12(20(22)23)8-11(14)2/h4-8H,3,9-10H2,1-2H3,(H,18,21). The largest absolute Gasteiger partial charge is 0.325 e. The minimum Gasteiger partial charge on any atom is -0.325 e. The number of rotatable bonds is 7. The van der Waals surface area contributed by atoms with Crippen molar-refractivity contribution in [2.75, 3.05) is 18.4 Å². The summed E-state index contributed by atoms with van der Waals surface area (Å²) in [5.41, 5.74) is 1.25. The Hall–Kier alpha value is -1.96. The topological polar surface area (TPSA) is 75.5 Å². The van der Waals surface area contributed by atoms with Crippen LogP contribution in [-0.2, 0) is 11.3 Å². The molecule has 1 aromatic carbocycles. The van der Waals surface area contributed by atoms with E-state index in [1.807, 2.05) is 24.0 Å². The highest BCUT2D eigenvalue weighted by Crippen LogP contribution is 2.23. The van der Waals surface area contributed by atoms with Crippen LogP contribution in [0.1, 0.15) is 17.4 Å². The van der Waals surface area contributed by atoms with Gasteiger partial charge in [0.1, 0.15) is 0 Å². The number of aryl methyl sites for hydroxylation is 1. The van der Waals surface area contributed by atoms with Gasteiger partial charge in [-0.2, -0.15) is 0 Å². The summed E-state index contributed by atoms with van der Waals surface area (Å²) < 4.78 is 0.729. The number of likely N-dealkylation sites (N-methyl/N-ethyl adjacent to an activating group) is 1. The second-order valence-corrected chi connectivity index (χ2v) is 7.11. The summed E-state index contributed by atoms with van der Waals surface area (Å²) in [6.45, 7) is 5.33. The van der Waals surface area contributed by atoms with Gasteiger partial charge in [0, 0.05) is 29.2 Å². The van der Waals surface area contributed by atoms with Gasteiger partial charge in [-0.25, -0.2) is 0 Å². The number of amides is 1. The van der Waals surface area contributed by atoms with Crippen LogP contribution in [0.4, 0.5) is 11.4 Å². The fourth-order valence-corrected chi connectivity index (χ4v) is 3.36. The third kappa shape index (κ3) is 5.02. The van der Waals surface area contributed by atoms with Gasteiger partial charge in [-0.1, -0.05) is 18.5 Å². The number of carbonyl (C=O) groups excluding carboxylic acids is 1. The molecule has 1 amide bonds. The Morgan fingerprint density at radius 2 is 2.12 bits per heavy atom. The van der Waals surface area contributed by atoms with Crippen molar-refractivity contribution < 1.29 is 9.72 Å². The third-order valence-corrected chi connectivity index (χ3v) is 4.73. The monoisotopic (exact) mass is 367 g/mol. The summed E-state index contributed by atoms with van der Waals surface area (Å²) >= 11 is 7.42. The first-order chi connectivity index (χ1) is 11.4. The van der Waals surface area contributed by atoms with Gasteiger partial charge in [0.05, 0.1) is 15.8 Å². The molecule has 0 fully saturated rings. The number of thiophene rings is 1. The lowest BCUT2D eigenvalue weighted by Gasteiger charge is -2.19. The molecule has 2 aromatic rings. The fourth-order valence-electron chi connectivity index (χ4n) is 2.23. The maximum Gasteiger partial charge on any atom is 0.269 e. The molecule has 6 nitrogen and oxygen atoms in total.